The first-order chi connectivity index (χ1) is 14.2. The molecular formula is C23H28N2O4S. The summed E-state index contributed by atoms with van der Waals surface area (Å²) in [6.45, 7) is 7.07. The van der Waals surface area contributed by atoms with E-state index in [1.54, 1.807) is 18.2 Å². The fourth-order valence-corrected chi connectivity index (χ4v) is 5.77. The number of fused-ring (bicyclic) bond motifs is 1. The summed E-state index contributed by atoms with van der Waals surface area (Å²) < 4.78 is 33.3. The Kier molecular flexibility index (Phi) is 5.36. The van der Waals surface area contributed by atoms with Gasteiger partial charge in [-0.15, -0.1) is 0 Å². The molecule has 0 aliphatic carbocycles. The molecule has 2 aromatic carbocycles. The van der Waals surface area contributed by atoms with Gasteiger partial charge in [0.2, 0.25) is 10.0 Å². The fourth-order valence-electron chi connectivity index (χ4n) is 4.20. The Morgan fingerprint density at radius 1 is 1.13 bits per heavy atom. The van der Waals surface area contributed by atoms with Crippen LogP contribution in [0.2, 0.25) is 0 Å². The van der Waals surface area contributed by atoms with Crippen molar-refractivity contribution in [1.29, 1.82) is 0 Å². The van der Waals surface area contributed by atoms with Gasteiger partial charge in [0.25, 0.3) is 5.91 Å². The number of hydrogen-bond acceptors (Lipinski definition) is 4. The monoisotopic (exact) mass is 428 g/mol. The average Bonchev–Trinajstić information content (AvgIpc) is 3.22. The quantitative estimate of drug-likeness (QED) is 0.803. The number of carbonyl (C=O) groups is 1. The zero-order valence-corrected chi connectivity index (χ0v) is 18.5. The first kappa shape index (κ1) is 20.9. The SMILES string of the molecule is Cc1ccc2c(c1)OC(C)(C)C[C@@H]2NC(=O)c1cccc(S(=O)(=O)N2CCCC2)c1. The maximum atomic E-state index is 13.0. The Morgan fingerprint density at radius 2 is 1.87 bits per heavy atom. The zero-order chi connectivity index (χ0) is 21.5. The molecule has 160 valence electrons. The van der Waals surface area contributed by atoms with Gasteiger partial charge >= 0.3 is 0 Å². The number of sulfonamides is 1. The summed E-state index contributed by atoms with van der Waals surface area (Å²) >= 11 is 0. The molecular weight excluding hydrogens is 400 g/mol. The highest BCUT2D eigenvalue weighted by atomic mass is 32.2. The van der Waals surface area contributed by atoms with Gasteiger partial charge in [0, 0.05) is 30.6 Å². The smallest absolute Gasteiger partial charge is 0.251 e. The summed E-state index contributed by atoms with van der Waals surface area (Å²) in [5, 5.41) is 3.09. The van der Waals surface area contributed by atoms with Gasteiger partial charge in [-0.05, 0) is 63.4 Å². The highest BCUT2D eigenvalue weighted by molar-refractivity contribution is 7.89. The van der Waals surface area contributed by atoms with E-state index in [2.05, 4.69) is 5.32 Å². The predicted molar refractivity (Wildman–Crippen MR) is 115 cm³/mol. The largest absolute Gasteiger partial charge is 0.487 e. The van der Waals surface area contributed by atoms with Gasteiger partial charge in [-0.25, -0.2) is 8.42 Å². The third-order valence-corrected chi connectivity index (χ3v) is 7.63. The van der Waals surface area contributed by atoms with Crippen LogP contribution in [-0.2, 0) is 10.0 Å². The lowest BCUT2D eigenvalue weighted by molar-refractivity contribution is 0.0619. The average molecular weight is 429 g/mol. The van der Waals surface area contributed by atoms with Gasteiger partial charge in [0.05, 0.1) is 10.9 Å². The number of benzene rings is 2. The van der Waals surface area contributed by atoms with Crippen LogP contribution in [0.25, 0.3) is 0 Å². The summed E-state index contributed by atoms with van der Waals surface area (Å²) in [5.74, 6) is 0.490. The minimum absolute atomic E-state index is 0.167. The molecule has 0 spiro atoms. The Bertz CT molecular complexity index is 1070. The lowest BCUT2D eigenvalue weighted by atomic mass is 9.89. The molecule has 1 fully saturated rings. The van der Waals surface area contributed by atoms with Crippen molar-refractivity contribution in [1.82, 2.24) is 9.62 Å². The van der Waals surface area contributed by atoms with Crippen LogP contribution in [0.3, 0.4) is 0 Å². The molecule has 2 heterocycles. The molecule has 1 atom stereocenters. The van der Waals surface area contributed by atoms with Crippen molar-refractivity contribution in [2.24, 2.45) is 0 Å². The third kappa shape index (κ3) is 4.09. The number of nitrogens with zero attached hydrogens (tertiary/aromatic N) is 1. The molecule has 1 N–H and O–H groups in total. The van der Waals surface area contributed by atoms with E-state index in [1.165, 1.54) is 10.4 Å². The van der Waals surface area contributed by atoms with Crippen LogP contribution in [0.1, 0.15) is 60.6 Å². The molecule has 4 rings (SSSR count). The van der Waals surface area contributed by atoms with Crippen LogP contribution in [0, 0.1) is 6.92 Å². The van der Waals surface area contributed by atoms with Gasteiger partial charge < -0.3 is 10.1 Å². The van der Waals surface area contributed by atoms with Crippen molar-refractivity contribution in [3.63, 3.8) is 0 Å². The topological polar surface area (TPSA) is 75.7 Å². The minimum atomic E-state index is -3.57. The standard InChI is InChI=1S/C23H28N2O4S/c1-16-9-10-19-20(15-23(2,3)29-21(19)13-16)24-22(26)17-7-6-8-18(14-17)30(27,28)25-11-4-5-12-25/h6-10,13-14,20H,4-5,11-12,15H2,1-3H3,(H,24,26)/t20-/m0/s1. The van der Waals surface area contributed by atoms with E-state index in [0.29, 0.717) is 25.1 Å². The molecule has 0 saturated carbocycles. The first-order valence-electron chi connectivity index (χ1n) is 10.4. The molecule has 1 saturated heterocycles. The minimum Gasteiger partial charge on any atom is -0.487 e. The van der Waals surface area contributed by atoms with E-state index >= 15 is 0 Å². The summed E-state index contributed by atoms with van der Waals surface area (Å²) in [6.07, 6.45) is 2.37. The fraction of sp³-hybridized carbons (Fsp3) is 0.435. The lowest BCUT2D eigenvalue weighted by Crippen LogP contribution is -2.41. The van der Waals surface area contributed by atoms with E-state index in [4.69, 9.17) is 4.74 Å². The Labute approximate surface area is 178 Å². The van der Waals surface area contributed by atoms with Crippen molar-refractivity contribution in [2.75, 3.05) is 13.1 Å². The van der Waals surface area contributed by atoms with Gasteiger partial charge in [-0.3, -0.25) is 4.79 Å². The summed E-state index contributed by atoms with van der Waals surface area (Å²) in [6, 6.07) is 12.1. The number of rotatable bonds is 4. The molecule has 2 aliphatic rings. The van der Waals surface area contributed by atoms with E-state index in [1.807, 2.05) is 39.0 Å². The highest BCUT2D eigenvalue weighted by Crippen LogP contribution is 2.40. The van der Waals surface area contributed by atoms with Gasteiger partial charge in [0.15, 0.2) is 0 Å². The Hall–Kier alpha value is -2.38. The first-order valence-corrected chi connectivity index (χ1v) is 11.8. The van der Waals surface area contributed by atoms with Crippen LogP contribution < -0.4 is 10.1 Å². The third-order valence-electron chi connectivity index (χ3n) is 5.73. The molecule has 30 heavy (non-hydrogen) atoms. The Morgan fingerprint density at radius 3 is 2.60 bits per heavy atom. The highest BCUT2D eigenvalue weighted by Gasteiger charge is 2.35. The van der Waals surface area contributed by atoms with Crippen molar-refractivity contribution >= 4 is 15.9 Å². The summed E-state index contributed by atoms with van der Waals surface area (Å²) in [4.78, 5) is 13.2. The van der Waals surface area contributed by atoms with Crippen LogP contribution in [0.15, 0.2) is 47.4 Å². The summed E-state index contributed by atoms with van der Waals surface area (Å²) in [7, 11) is -3.57. The van der Waals surface area contributed by atoms with Crippen LogP contribution >= 0.6 is 0 Å². The molecule has 6 nitrogen and oxygen atoms in total. The molecule has 2 aromatic rings. The zero-order valence-electron chi connectivity index (χ0n) is 17.6. The van der Waals surface area contributed by atoms with Gasteiger partial charge in [-0.1, -0.05) is 18.2 Å². The number of hydrogen-bond donors (Lipinski definition) is 1. The molecule has 0 radical (unpaired) electrons. The van der Waals surface area contributed by atoms with E-state index < -0.39 is 15.6 Å². The lowest BCUT2D eigenvalue weighted by Gasteiger charge is -2.38. The Balaban J connectivity index is 1.59. The van der Waals surface area contributed by atoms with Crippen molar-refractivity contribution in [3.05, 3.63) is 59.2 Å². The molecule has 1 amide bonds. The van der Waals surface area contributed by atoms with Crippen molar-refractivity contribution in [3.8, 4) is 5.75 Å². The maximum absolute atomic E-state index is 13.0. The van der Waals surface area contributed by atoms with Gasteiger partial charge in [0.1, 0.15) is 11.4 Å². The predicted octanol–water partition coefficient (Wildman–Crippen LogP) is 3.81. The number of amides is 1. The molecule has 0 aromatic heterocycles. The molecule has 0 unspecified atom stereocenters. The number of nitrogens with one attached hydrogen (secondary N) is 1. The molecule has 0 bridgehead atoms. The molecule has 7 heteroatoms. The van der Waals surface area contributed by atoms with Crippen LogP contribution in [-0.4, -0.2) is 37.3 Å². The van der Waals surface area contributed by atoms with Gasteiger partial charge in [-0.2, -0.15) is 4.31 Å². The second-order valence-corrected chi connectivity index (χ2v) is 10.7. The second kappa shape index (κ2) is 7.71. The normalized spacial score (nSPS) is 21.0. The van der Waals surface area contributed by atoms with E-state index in [0.717, 1.165) is 29.7 Å². The van der Waals surface area contributed by atoms with E-state index in [9.17, 15) is 13.2 Å². The van der Waals surface area contributed by atoms with E-state index in [-0.39, 0.29) is 16.8 Å². The van der Waals surface area contributed by atoms with Crippen molar-refractivity contribution < 1.29 is 17.9 Å². The number of aryl methyl sites for hydroxylation is 1. The van der Waals surface area contributed by atoms with Crippen LogP contribution in [0.5, 0.6) is 5.75 Å². The maximum Gasteiger partial charge on any atom is 0.251 e. The number of ether oxygens (including phenoxy) is 1. The summed E-state index contributed by atoms with van der Waals surface area (Å²) in [5.41, 5.74) is 1.96. The second-order valence-electron chi connectivity index (χ2n) is 8.77. The molecule has 2 aliphatic heterocycles. The number of carbonyl (C=O) groups excluding carboxylic acids is 1. The van der Waals surface area contributed by atoms with Crippen molar-refractivity contribution in [2.45, 2.75) is 56.6 Å². The van der Waals surface area contributed by atoms with Crippen LogP contribution in [0.4, 0.5) is 0 Å².